The average molecular weight is 242 g/mol. The van der Waals surface area contributed by atoms with Crippen molar-refractivity contribution >= 4 is 6.09 Å². The van der Waals surface area contributed by atoms with Crippen molar-refractivity contribution in [3.05, 3.63) is 0 Å². The van der Waals surface area contributed by atoms with Crippen molar-refractivity contribution in [2.75, 3.05) is 19.6 Å². The summed E-state index contributed by atoms with van der Waals surface area (Å²) in [6.45, 7) is 12.5. The Morgan fingerprint density at radius 3 is 2.65 bits per heavy atom. The van der Waals surface area contributed by atoms with Crippen LogP contribution in [0, 0.1) is 5.92 Å². The Morgan fingerprint density at radius 2 is 2.12 bits per heavy atom. The van der Waals surface area contributed by atoms with Gasteiger partial charge < -0.3 is 15.0 Å². The van der Waals surface area contributed by atoms with E-state index in [1.165, 1.54) is 0 Å². The maximum Gasteiger partial charge on any atom is 0.410 e. The van der Waals surface area contributed by atoms with E-state index >= 15 is 0 Å². The van der Waals surface area contributed by atoms with Crippen molar-refractivity contribution in [1.82, 2.24) is 10.2 Å². The number of ether oxygens (including phenoxy) is 1. The average Bonchev–Trinajstić information content (AvgIpc) is 2.14. The van der Waals surface area contributed by atoms with E-state index < -0.39 is 5.60 Å². The van der Waals surface area contributed by atoms with Gasteiger partial charge in [0, 0.05) is 25.7 Å². The molecular weight excluding hydrogens is 216 g/mol. The van der Waals surface area contributed by atoms with Gasteiger partial charge in [0.25, 0.3) is 0 Å². The van der Waals surface area contributed by atoms with Crippen LogP contribution in [0.3, 0.4) is 0 Å². The fourth-order valence-electron chi connectivity index (χ4n) is 2.04. The first-order chi connectivity index (χ1) is 7.78. The summed E-state index contributed by atoms with van der Waals surface area (Å²) >= 11 is 0. The predicted molar refractivity (Wildman–Crippen MR) is 69.1 cm³/mol. The first-order valence-electron chi connectivity index (χ1n) is 6.49. The van der Waals surface area contributed by atoms with Gasteiger partial charge in [0.05, 0.1) is 0 Å². The molecule has 1 rings (SSSR count). The Labute approximate surface area is 105 Å². The first-order valence-corrected chi connectivity index (χ1v) is 6.49. The molecule has 1 amide bonds. The third kappa shape index (κ3) is 5.39. The maximum absolute atomic E-state index is 11.9. The molecule has 0 aliphatic carbocycles. The van der Waals surface area contributed by atoms with Crippen LogP contribution in [0.15, 0.2) is 0 Å². The Morgan fingerprint density at radius 1 is 1.47 bits per heavy atom. The number of rotatable bonds is 2. The van der Waals surface area contributed by atoms with E-state index in [4.69, 9.17) is 4.74 Å². The lowest BCUT2D eigenvalue weighted by molar-refractivity contribution is 0.0188. The van der Waals surface area contributed by atoms with E-state index in [1.807, 2.05) is 25.7 Å². The standard InChI is InChI=1S/C13H26N2O2/c1-10(2)8-11-9-15(7-6-14-11)12(16)17-13(3,4)5/h10-11,14H,6-9H2,1-5H3/t11-/m1/s1. The molecule has 0 unspecified atom stereocenters. The molecule has 4 nitrogen and oxygen atoms in total. The summed E-state index contributed by atoms with van der Waals surface area (Å²) in [6.07, 6.45) is 0.909. The molecule has 0 bridgehead atoms. The van der Waals surface area contributed by atoms with Gasteiger partial charge >= 0.3 is 6.09 Å². The number of nitrogens with one attached hydrogen (secondary N) is 1. The molecular formula is C13H26N2O2. The van der Waals surface area contributed by atoms with Crippen LogP contribution in [0.5, 0.6) is 0 Å². The number of carbonyl (C=O) groups is 1. The number of nitrogens with zero attached hydrogens (tertiary/aromatic N) is 1. The van der Waals surface area contributed by atoms with Gasteiger partial charge in [-0.15, -0.1) is 0 Å². The number of piperazine rings is 1. The van der Waals surface area contributed by atoms with Gasteiger partial charge in [-0.2, -0.15) is 0 Å². The lowest BCUT2D eigenvalue weighted by Gasteiger charge is -2.35. The van der Waals surface area contributed by atoms with Gasteiger partial charge in [0.2, 0.25) is 0 Å². The number of amides is 1. The summed E-state index contributed by atoms with van der Waals surface area (Å²) in [5.74, 6) is 0.645. The molecule has 0 radical (unpaired) electrons. The molecule has 1 aliphatic rings. The van der Waals surface area contributed by atoms with Gasteiger partial charge in [-0.05, 0) is 33.1 Å². The number of carbonyl (C=O) groups excluding carboxylic acids is 1. The van der Waals surface area contributed by atoms with Crippen molar-refractivity contribution in [2.24, 2.45) is 5.92 Å². The summed E-state index contributed by atoms with van der Waals surface area (Å²) in [5, 5.41) is 3.45. The largest absolute Gasteiger partial charge is 0.444 e. The van der Waals surface area contributed by atoms with Crippen LogP contribution >= 0.6 is 0 Å². The molecule has 1 heterocycles. The van der Waals surface area contributed by atoms with Crippen molar-refractivity contribution in [3.63, 3.8) is 0 Å². The van der Waals surface area contributed by atoms with Gasteiger partial charge in [-0.1, -0.05) is 13.8 Å². The van der Waals surface area contributed by atoms with Crippen LogP contribution in [0.25, 0.3) is 0 Å². The molecule has 17 heavy (non-hydrogen) atoms. The summed E-state index contributed by atoms with van der Waals surface area (Å²) in [4.78, 5) is 13.7. The second-order valence-corrected chi connectivity index (χ2v) is 6.21. The zero-order chi connectivity index (χ0) is 13.1. The van der Waals surface area contributed by atoms with Gasteiger partial charge in [-0.25, -0.2) is 4.79 Å². The molecule has 0 saturated carbocycles. The minimum absolute atomic E-state index is 0.187. The van der Waals surface area contributed by atoms with Crippen molar-refractivity contribution in [3.8, 4) is 0 Å². The zero-order valence-corrected chi connectivity index (χ0v) is 11.7. The monoisotopic (exact) mass is 242 g/mol. The normalized spacial score (nSPS) is 21.8. The predicted octanol–water partition coefficient (Wildman–Crippen LogP) is 2.24. The Kier molecular flexibility index (Phi) is 4.80. The molecule has 0 spiro atoms. The maximum atomic E-state index is 11.9. The van der Waals surface area contributed by atoms with Crippen LogP contribution in [-0.4, -0.2) is 42.3 Å². The van der Waals surface area contributed by atoms with E-state index in [2.05, 4.69) is 19.2 Å². The molecule has 0 aromatic rings. The van der Waals surface area contributed by atoms with E-state index in [0.29, 0.717) is 12.0 Å². The van der Waals surface area contributed by atoms with Crippen molar-refractivity contribution in [1.29, 1.82) is 0 Å². The number of hydrogen-bond donors (Lipinski definition) is 1. The SMILES string of the molecule is CC(C)C[C@@H]1CN(C(=O)OC(C)(C)C)CCN1. The molecule has 1 fully saturated rings. The third-order valence-corrected chi connectivity index (χ3v) is 2.66. The molecule has 1 atom stereocenters. The van der Waals surface area contributed by atoms with Gasteiger partial charge in [-0.3, -0.25) is 0 Å². The second-order valence-electron chi connectivity index (χ2n) is 6.21. The van der Waals surface area contributed by atoms with Crippen LogP contribution in [0.1, 0.15) is 41.0 Å². The van der Waals surface area contributed by atoms with Crippen molar-refractivity contribution < 1.29 is 9.53 Å². The summed E-state index contributed by atoms with van der Waals surface area (Å²) in [6, 6.07) is 0.399. The molecule has 0 aromatic carbocycles. The van der Waals surface area contributed by atoms with E-state index in [1.54, 1.807) is 0 Å². The molecule has 100 valence electrons. The molecule has 0 aromatic heterocycles. The lowest BCUT2D eigenvalue weighted by atomic mass is 10.0. The molecule has 4 heteroatoms. The lowest BCUT2D eigenvalue weighted by Crippen LogP contribution is -2.53. The van der Waals surface area contributed by atoms with Crippen LogP contribution in [0.4, 0.5) is 4.79 Å². The third-order valence-electron chi connectivity index (χ3n) is 2.66. The number of hydrogen-bond acceptors (Lipinski definition) is 3. The smallest absolute Gasteiger partial charge is 0.410 e. The highest BCUT2D eigenvalue weighted by Crippen LogP contribution is 2.14. The Balaban J connectivity index is 2.46. The quantitative estimate of drug-likeness (QED) is 0.807. The van der Waals surface area contributed by atoms with Crippen LogP contribution < -0.4 is 5.32 Å². The van der Waals surface area contributed by atoms with E-state index in [-0.39, 0.29) is 6.09 Å². The first kappa shape index (κ1) is 14.3. The minimum atomic E-state index is -0.407. The molecule has 1 N–H and O–H groups in total. The van der Waals surface area contributed by atoms with Gasteiger partial charge in [0.15, 0.2) is 0 Å². The zero-order valence-electron chi connectivity index (χ0n) is 11.7. The molecule has 1 aliphatic heterocycles. The Hall–Kier alpha value is -0.770. The Bertz CT molecular complexity index is 259. The highest BCUT2D eigenvalue weighted by atomic mass is 16.6. The topological polar surface area (TPSA) is 41.6 Å². The summed E-state index contributed by atoms with van der Waals surface area (Å²) < 4.78 is 5.39. The van der Waals surface area contributed by atoms with Crippen molar-refractivity contribution in [2.45, 2.75) is 52.7 Å². The van der Waals surface area contributed by atoms with E-state index in [0.717, 1.165) is 26.1 Å². The highest BCUT2D eigenvalue weighted by molar-refractivity contribution is 5.68. The van der Waals surface area contributed by atoms with Crippen LogP contribution in [0.2, 0.25) is 0 Å². The van der Waals surface area contributed by atoms with Crippen LogP contribution in [-0.2, 0) is 4.74 Å². The summed E-state index contributed by atoms with van der Waals surface area (Å²) in [5.41, 5.74) is -0.407. The summed E-state index contributed by atoms with van der Waals surface area (Å²) in [7, 11) is 0. The highest BCUT2D eigenvalue weighted by Gasteiger charge is 2.27. The fourth-order valence-corrected chi connectivity index (χ4v) is 2.04. The van der Waals surface area contributed by atoms with Gasteiger partial charge in [0.1, 0.15) is 5.60 Å². The minimum Gasteiger partial charge on any atom is -0.444 e. The van der Waals surface area contributed by atoms with E-state index in [9.17, 15) is 4.79 Å². The fraction of sp³-hybridized carbons (Fsp3) is 0.923. The second kappa shape index (κ2) is 5.71. The molecule has 1 saturated heterocycles.